The van der Waals surface area contributed by atoms with Gasteiger partial charge in [0.15, 0.2) is 0 Å². The maximum absolute atomic E-state index is 11.0. The fraction of sp³-hybridized carbons (Fsp3) is 0.909. The Hall–Kier alpha value is -0.530. The van der Waals surface area contributed by atoms with Gasteiger partial charge in [-0.3, -0.25) is 4.79 Å². The molecule has 13 heavy (non-hydrogen) atoms. The lowest BCUT2D eigenvalue weighted by atomic mass is 9.81. The minimum atomic E-state index is -0.543. The third kappa shape index (κ3) is 1.87. The van der Waals surface area contributed by atoms with Crippen molar-refractivity contribution >= 4 is 5.97 Å². The van der Waals surface area contributed by atoms with Crippen LogP contribution >= 0.6 is 0 Å². The van der Waals surface area contributed by atoms with Crippen LogP contribution in [0.25, 0.3) is 0 Å². The lowest BCUT2D eigenvalue weighted by Crippen LogP contribution is -2.20. The van der Waals surface area contributed by atoms with Gasteiger partial charge in [0.1, 0.15) is 0 Å². The van der Waals surface area contributed by atoms with Crippen LogP contribution in [0.4, 0.5) is 0 Å². The summed E-state index contributed by atoms with van der Waals surface area (Å²) in [6, 6.07) is 0. The summed E-state index contributed by atoms with van der Waals surface area (Å²) in [4.78, 5) is 11.0. The molecule has 0 heterocycles. The van der Waals surface area contributed by atoms with Crippen molar-refractivity contribution in [3.05, 3.63) is 0 Å². The van der Waals surface area contributed by atoms with Crippen LogP contribution in [-0.4, -0.2) is 11.1 Å². The van der Waals surface area contributed by atoms with E-state index < -0.39 is 5.97 Å². The number of carboxylic acids is 1. The molecular formula is C11H18O2. The molecule has 2 saturated carbocycles. The van der Waals surface area contributed by atoms with Crippen LogP contribution in [0, 0.1) is 11.3 Å². The smallest absolute Gasteiger partial charge is 0.309 e. The Morgan fingerprint density at radius 3 is 2.31 bits per heavy atom. The molecule has 2 aliphatic carbocycles. The third-order valence-electron chi connectivity index (χ3n) is 3.71. The van der Waals surface area contributed by atoms with Crippen LogP contribution in [0.15, 0.2) is 0 Å². The summed E-state index contributed by atoms with van der Waals surface area (Å²) in [5.41, 5.74) is -0.276. The Labute approximate surface area is 79.3 Å². The van der Waals surface area contributed by atoms with Crippen molar-refractivity contribution in [1.29, 1.82) is 0 Å². The van der Waals surface area contributed by atoms with E-state index in [2.05, 4.69) is 0 Å². The number of rotatable bonds is 3. The van der Waals surface area contributed by atoms with Gasteiger partial charge in [0, 0.05) is 0 Å². The zero-order valence-corrected chi connectivity index (χ0v) is 8.09. The van der Waals surface area contributed by atoms with E-state index in [-0.39, 0.29) is 5.41 Å². The second-order valence-electron chi connectivity index (χ2n) is 4.79. The Morgan fingerprint density at radius 2 is 1.85 bits per heavy atom. The summed E-state index contributed by atoms with van der Waals surface area (Å²) in [6.07, 6.45) is 9.36. The molecule has 0 aromatic carbocycles. The average molecular weight is 182 g/mol. The molecule has 0 bridgehead atoms. The summed E-state index contributed by atoms with van der Waals surface area (Å²) in [7, 11) is 0. The SMILES string of the molecule is O=C(O)C1(CC2CCCCC2)CC1. The fourth-order valence-corrected chi connectivity index (χ4v) is 2.60. The van der Waals surface area contributed by atoms with Gasteiger partial charge in [0.25, 0.3) is 0 Å². The largest absolute Gasteiger partial charge is 0.481 e. The Morgan fingerprint density at radius 1 is 1.23 bits per heavy atom. The highest BCUT2D eigenvalue weighted by Crippen LogP contribution is 2.52. The monoisotopic (exact) mass is 182 g/mol. The summed E-state index contributed by atoms with van der Waals surface area (Å²) in [5.74, 6) is 0.172. The fourth-order valence-electron chi connectivity index (χ4n) is 2.60. The van der Waals surface area contributed by atoms with Gasteiger partial charge in [-0.15, -0.1) is 0 Å². The summed E-state index contributed by atoms with van der Waals surface area (Å²) >= 11 is 0. The van der Waals surface area contributed by atoms with Crippen molar-refractivity contribution in [3.63, 3.8) is 0 Å². The molecular weight excluding hydrogens is 164 g/mol. The van der Waals surface area contributed by atoms with E-state index in [1.165, 1.54) is 32.1 Å². The van der Waals surface area contributed by atoms with Crippen molar-refractivity contribution < 1.29 is 9.90 Å². The first-order valence-corrected chi connectivity index (χ1v) is 5.46. The molecule has 1 N–H and O–H groups in total. The van der Waals surface area contributed by atoms with E-state index in [4.69, 9.17) is 5.11 Å². The number of hydrogen-bond acceptors (Lipinski definition) is 1. The molecule has 2 heteroatoms. The van der Waals surface area contributed by atoms with Crippen LogP contribution in [-0.2, 0) is 4.79 Å². The van der Waals surface area contributed by atoms with Gasteiger partial charge in [0.2, 0.25) is 0 Å². The maximum atomic E-state index is 11.0. The highest BCUT2D eigenvalue weighted by atomic mass is 16.4. The number of carbonyl (C=O) groups is 1. The van der Waals surface area contributed by atoms with E-state index >= 15 is 0 Å². The van der Waals surface area contributed by atoms with E-state index in [0.29, 0.717) is 5.92 Å². The molecule has 0 saturated heterocycles. The Bertz CT molecular complexity index is 200. The summed E-state index contributed by atoms with van der Waals surface area (Å²) < 4.78 is 0. The molecule has 2 nitrogen and oxygen atoms in total. The highest BCUT2D eigenvalue weighted by Gasteiger charge is 2.50. The molecule has 2 rings (SSSR count). The van der Waals surface area contributed by atoms with Gasteiger partial charge < -0.3 is 5.11 Å². The average Bonchev–Trinajstić information content (AvgIpc) is 2.87. The normalized spacial score (nSPS) is 27.1. The number of aliphatic carboxylic acids is 1. The summed E-state index contributed by atoms with van der Waals surface area (Å²) in [6.45, 7) is 0. The molecule has 0 spiro atoms. The zero-order valence-electron chi connectivity index (χ0n) is 8.09. The molecule has 0 aliphatic heterocycles. The van der Waals surface area contributed by atoms with Gasteiger partial charge in [-0.2, -0.15) is 0 Å². The molecule has 74 valence electrons. The topological polar surface area (TPSA) is 37.3 Å². The molecule has 0 unspecified atom stereocenters. The van der Waals surface area contributed by atoms with Crippen molar-refractivity contribution in [2.75, 3.05) is 0 Å². The lowest BCUT2D eigenvalue weighted by Gasteiger charge is -2.24. The van der Waals surface area contributed by atoms with E-state index in [0.717, 1.165) is 19.3 Å². The zero-order chi connectivity index (χ0) is 9.31. The van der Waals surface area contributed by atoms with Gasteiger partial charge in [-0.1, -0.05) is 32.1 Å². The number of hydrogen-bond donors (Lipinski definition) is 1. The quantitative estimate of drug-likeness (QED) is 0.728. The van der Waals surface area contributed by atoms with Crippen molar-refractivity contribution in [2.45, 2.75) is 51.4 Å². The van der Waals surface area contributed by atoms with Crippen LogP contribution in [0.2, 0.25) is 0 Å². The molecule has 2 aliphatic rings. The number of carboxylic acid groups (broad SMARTS) is 1. The summed E-state index contributed by atoms with van der Waals surface area (Å²) in [5, 5.41) is 9.03. The van der Waals surface area contributed by atoms with Crippen molar-refractivity contribution in [2.24, 2.45) is 11.3 Å². The molecule has 0 aromatic heterocycles. The molecule has 0 amide bonds. The van der Waals surface area contributed by atoms with E-state index in [1.54, 1.807) is 0 Å². The first-order chi connectivity index (χ1) is 6.23. The minimum absolute atomic E-state index is 0.276. The van der Waals surface area contributed by atoms with Crippen molar-refractivity contribution in [1.82, 2.24) is 0 Å². The van der Waals surface area contributed by atoms with Crippen LogP contribution < -0.4 is 0 Å². The minimum Gasteiger partial charge on any atom is -0.481 e. The first kappa shape index (κ1) is 9.04. The molecule has 0 aromatic rings. The van der Waals surface area contributed by atoms with Gasteiger partial charge in [-0.25, -0.2) is 0 Å². The van der Waals surface area contributed by atoms with Crippen LogP contribution in [0.3, 0.4) is 0 Å². The Kier molecular flexibility index (Phi) is 2.31. The maximum Gasteiger partial charge on any atom is 0.309 e. The van der Waals surface area contributed by atoms with Gasteiger partial charge in [0.05, 0.1) is 5.41 Å². The molecule has 0 atom stereocenters. The third-order valence-corrected chi connectivity index (χ3v) is 3.71. The Balaban J connectivity index is 1.86. The van der Waals surface area contributed by atoms with Gasteiger partial charge in [-0.05, 0) is 25.2 Å². The predicted octanol–water partition coefficient (Wildman–Crippen LogP) is 2.82. The lowest BCUT2D eigenvalue weighted by molar-refractivity contribution is -0.144. The van der Waals surface area contributed by atoms with E-state index in [1.807, 2.05) is 0 Å². The highest BCUT2D eigenvalue weighted by molar-refractivity contribution is 5.77. The van der Waals surface area contributed by atoms with Crippen LogP contribution in [0.5, 0.6) is 0 Å². The predicted molar refractivity (Wildman–Crippen MR) is 50.5 cm³/mol. The van der Waals surface area contributed by atoms with E-state index in [9.17, 15) is 4.79 Å². The van der Waals surface area contributed by atoms with Crippen LogP contribution in [0.1, 0.15) is 51.4 Å². The standard InChI is InChI=1S/C11H18O2/c12-10(13)11(6-7-11)8-9-4-2-1-3-5-9/h9H,1-8H2,(H,12,13). The second kappa shape index (κ2) is 3.32. The van der Waals surface area contributed by atoms with Crippen molar-refractivity contribution in [3.8, 4) is 0 Å². The molecule has 2 fully saturated rings. The second-order valence-corrected chi connectivity index (χ2v) is 4.79. The molecule has 0 radical (unpaired) electrons. The van der Waals surface area contributed by atoms with Gasteiger partial charge >= 0.3 is 5.97 Å². The first-order valence-electron chi connectivity index (χ1n) is 5.46.